The molecule has 0 amide bonds. The summed E-state index contributed by atoms with van der Waals surface area (Å²) >= 11 is 6.85. The minimum Gasteiger partial charge on any atom is -0.496 e. The number of halogens is 1. The Kier molecular flexibility index (Phi) is 4.96. The molecule has 0 saturated carbocycles. The minimum atomic E-state index is 0.309. The molecule has 0 radical (unpaired) electrons. The van der Waals surface area contributed by atoms with Crippen LogP contribution >= 0.6 is 11.6 Å². The monoisotopic (exact) mass is 383 g/mol. The van der Waals surface area contributed by atoms with E-state index >= 15 is 0 Å². The molecule has 0 aromatic heterocycles. The van der Waals surface area contributed by atoms with E-state index in [2.05, 4.69) is 16.3 Å². The van der Waals surface area contributed by atoms with Gasteiger partial charge in [0.25, 0.3) is 0 Å². The van der Waals surface area contributed by atoms with Gasteiger partial charge < -0.3 is 14.8 Å². The Bertz CT molecular complexity index is 923. The first-order chi connectivity index (χ1) is 13.1. The molecule has 2 aliphatic heterocycles. The van der Waals surface area contributed by atoms with Crippen LogP contribution in [0.15, 0.2) is 24.3 Å². The maximum atomic E-state index is 9.85. The fraction of sp³-hybridized carbons (Fsp3) is 0.381. The summed E-state index contributed by atoms with van der Waals surface area (Å²) < 4.78 is 11.7. The van der Waals surface area contributed by atoms with E-state index in [1.807, 2.05) is 31.2 Å². The predicted molar refractivity (Wildman–Crippen MR) is 105 cm³/mol. The molecule has 1 fully saturated rings. The Hall–Kier alpha value is -2.26. The van der Waals surface area contributed by atoms with Gasteiger partial charge in [0.1, 0.15) is 18.1 Å². The second-order valence-electron chi connectivity index (χ2n) is 7.00. The van der Waals surface area contributed by atoms with Crippen LogP contribution in [0.25, 0.3) is 11.1 Å². The fourth-order valence-electron chi connectivity index (χ4n) is 4.00. The Labute approximate surface area is 164 Å². The smallest absolute Gasteiger partial charge is 0.143 e. The molecule has 140 valence electrons. The van der Waals surface area contributed by atoms with Gasteiger partial charge in [-0.15, -0.1) is 0 Å². The fourth-order valence-corrected chi connectivity index (χ4v) is 4.37. The van der Waals surface area contributed by atoms with Crippen molar-refractivity contribution < 1.29 is 9.47 Å². The largest absolute Gasteiger partial charge is 0.496 e. The van der Waals surface area contributed by atoms with E-state index in [1.54, 1.807) is 7.11 Å². The normalized spacial score (nSPS) is 19.3. The SMILES string of the molecule is COc1cccc(C)c1-c1c(C#N)cc2c(c1Cl)OC[C@H]1CNCCN1C2. The zero-order chi connectivity index (χ0) is 19.0. The summed E-state index contributed by atoms with van der Waals surface area (Å²) in [7, 11) is 1.63. The molecule has 2 aromatic carbocycles. The molecule has 0 spiro atoms. The Morgan fingerprint density at radius 2 is 2.22 bits per heavy atom. The molecule has 0 aliphatic carbocycles. The van der Waals surface area contributed by atoms with E-state index in [-0.39, 0.29) is 0 Å². The van der Waals surface area contributed by atoms with Crippen molar-refractivity contribution in [2.75, 3.05) is 33.4 Å². The second-order valence-corrected chi connectivity index (χ2v) is 7.38. The van der Waals surface area contributed by atoms with Crippen LogP contribution in [0.5, 0.6) is 11.5 Å². The first-order valence-electron chi connectivity index (χ1n) is 9.11. The summed E-state index contributed by atoms with van der Waals surface area (Å²) in [6.45, 7) is 6.13. The van der Waals surface area contributed by atoms with E-state index in [9.17, 15) is 5.26 Å². The molecular weight excluding hydrogens is 362 g/mol. The van der Waals surface area contributed by atoms with Crippen LogP contribution in [0, 0.1) is 18.3 Å². The summed E-state index contributed by atoms with van der Waals surface area (Å²) in [4.78, 5) is 2.40. The van der Waals surface area contributed by atoms with Crippen LogP contribution in [0.1, 0.15) is 16.7 Å². The van der Waals surface area contributed by atoms with E-state index in [1.165, 1.54) is 0 Å². The van der Waals surface area contributed by atoms with E-state index in [0.717, 1.165) is 42.9 Å². The number of methoxy groups -OCH3 is 1. The Morgan fingerprint density at radius 3 is 3.00 bits per heavy atom. The average Bonchev–Trinajstić information content (AvgIpc) is 2.87. The van der Waals surface area contributed by atoms with Crippen molar-refractivity contribution in [2.24, 2.45) is 0 Å². The van der Waals surface area contributed by atoms with Crippen LogP contribution in [-0.4, -0.2) is 44.3 Å². The van der Waals surface area contributed by atoms with E-state index in [4.69, 9.17) is 21.1 Å². The zero-order valence-corrected chi connectivity index (χ0v) is 16.3. The third-order valence-corrected chi connectivity index (χ3v) is 5.75. The van der Waals surface area contributed by atoms with Gasteiger partial charge in [-0.25, -0.2) is 0 Å². The Morgan fingerprint density at radius 1 is 1.37 bits per heavy atom. The van der Waals surface area contributed by atoms with Crippen LogP contribution in [0.3, 0.4) is 0 Å². The van der Waals surface area contributed by atoms with Crippen LogP contribution in [-0.2, 0) is 6.54 Å². The van der Waals surface area contributed by atoms with Crippen molar-refractivity contribution in [3.8, 4) is 28.7 Å². The van der Waals surface area contributed by atoms with Gasteiger partial charge in [-0.1, -0.05) is 23.7 Å². The Balaban J connectivity index is 1.89. The summed E-state index contributed by atoms with van der Waals surface area (Å²) in [5, 5.41) is 13.8. The number of hydrogen-bond acceptors (Lipinski definition) is 5. The van der Waals surface area contributed by atoms with Gasteiger partial charge in [-0.2, -0.15) is 5.26 Å². The van der Waals surface area contributed by atoms with Crippen molar-refractivity contribution in [3.63, 3.8) is 0 Å². The number of nitrogens with one attached hydrogen (secondary N) is 1. The number of rotatable bonds is 2. The van der Waals surface area contributed by atoms with E-state index in [0.29, 0.717) is 40.3 Å². The first-order valence-corrected chi connectivity index (χ1v) is 9.48. The first kappa shape index (κ1) is 18.1. The summed E-state index contributed by atoms with van der Waals surface area (Å²) in [5.41, 5.74) is 4.05. The number of hydrogen-bond donors (Lipinski definition) is 1. The second kappa shape index (κ2) is 7.40. The van der Waals surface area contributed by atoms with Gasteiger partial charge in [0.2, 0.25) is 0 Å². The summed E-state index contributed by atoms with van der Waals surface area (Å²) in [6.07, 6.45) is 0. The lowest BCUT2D eigenvalue weighted by Gasteiger charge is -2.33. The number of nitrogens with zero attached hydrogens (tertiary/aromatic N) is 2. The summed E-state index contributed by atoms with van der Waals surface area (Å²) in [6, 6.07) is 10.4. The maximum Gasteiger partial charge on any atom is 0.143 e. The highest BCUT2D eigenvalue weighted by molar-refractivity contribution is 6.35. The topological polar surface area (TPSA) is 57.5 Å². The molecule has 4 rings (SSSR count). The number of ether oxygens (including phenoxy) is 2. The average molecular weight is 384 g/mol. The number of piperazine rings is 1. The molecule has 0 unspecified atom stereocenters. The zero-order valence-electron chi connectivity index (χ0n) is 15.5. The van der Waals surface area contributed by atoms with Gasteiger partial charge in [0, 0.05) is 42.9 Å². The highest BCUT2D eigenvalue weighted by Crippen LogP contribution is 2.46. The molecule has 1 N–H and O–H groups in total. The number of fused-ring (bicyclic) bond motifs is 2. The quantitative estimate of drug-likeness (QED) is 0.861. The predicted octanol–water partition coefficient (Wildman–Crippen LogP) is 3.36. The molecule has 1 atom stereocenters. The minimum absolute atomic E-state index is 0.309. The highest BCUT2D eigenvalue weighted by Gasteiger charge is 2.30. The van der Waals surface area contributed by atoms with Gasteiger partial charge >= 0.3 is 0 Å². The third kappa shape index (κ3) is 3.14. The molecule has 6 heteroatoms. The van der Waals surface area contributed by atoms with Crippen molar-refractivity contribution in [2.45, 2.75) is 19.5 Å². The molecule has 2 aliphatic rings. The molecule has 27 heavy (non-hydrogen) atoms. The van der Waals surface area contributed by atoms with Gasteiger partial charge in [0.15, 0.2) is 0 Å². The highest BCUT2D eigenvalue weighted by atomic mass is 35.5. The van der Waals surface area contributed by atoms with Crippen molar-refractivity contribution in [3.05, 3.63) is 46.0 Å². The van der Waals surface area contributed by atoms with E-state index < -0.39 is 0 Å². The molecular formula is C21H22ClN3O2. The maximum absolute atomic E-state index is 9.85. The standard InChI is InChI=1S/C21H22ClN3O2/c1-13-4-3-5-17(26-2)18(13)19-14(9-23)8-15-11-25-7-6-24-10-16(25)12-27-21(15)20(19)22/h3-5,8,16,24H,6-7,10-12H2,1-2H3/t16-/m1/s1. The van der Waals surface area contributed by atoms with Gasteiger partial charge in [-0.05, 0) is 24.6 Å². The lowest BCUT2D eigenvalue weighted by Crippen LogP contribution is -2.52. The third-order valence-electron chi connectivity index (χ3n) is 5.39. The lowest BCUT2D eigenvalue weighted by atomic mass is 9.93. The number of aryl methyl sites for hydroxylation is 1. The van der Waals surface area contributed by atoms with Crippen molar-refractivity contribution in [1.29, 1.82) is 5.26 Å². The molecule has 0 bridgehead atoms. The van der Waals surface area contributed by atoms with Crippen molar-refractivity contribution >= 4 is 11.6 Å². The molecule has 1 saturated heterocycles. The number of nitriles is 1. The molecule has 2 aromatic rings. The lowest BCUT2D eigenvalue weighted by molar-refractivity contribution is 0.120. The molecule has 2 heterocycles. The van der Waals surface area contributed by atoms with Crippen LogP contribution < -0.4 is 14.8 Å². The molecule has 5 nitrogen and oxygen atoms in total. The van der Waals surface area contributed by atoms with Crippen LogP contribution in [0.4, 0.5) is 0 Å². The summed E-state index contributed by atoms with van der Waals surface area (Å²) in [5.74, 6) is 1.38. The van der Waals surface area contributed by atoms with Gasteiger partial charge in [-0.3, -0.25) is 4.90 Å². The van der Waals surface area contributed by atoms with Crippen LogP contribution in [0.2, 0.25) is 5.02 Å². The number of benzene rings is 2. The van der Waals surface area contributed by atoms with Gasteiger partial charge in [0.05, 0.1) is 29.8 Å². The van der Waals surface area contributed by atoms with Crippen molar-refractivity contribution in [1.82, 2.24) is 10.2 Å².